The molecule has 1 saturated carbocycles. The zero-order chi connectivity index (χ0) is 14.8. The smallest absolute Gasteiger partial charge is 0.223 e. The molecule has 0 saturated heterocycles. The normalized spacial score (nSPS) is 26.9. The van der Waals surface area contributed by atoms with Gasteiger partial charge in [-0.15, -0.1) is 24.2 Å². The Morgan fingerprint density at radius 1 is 1.36 bits per heavy atom. The van der Waals surface area contributed by atoms with Gasteiger partial charge in [-0.05, 0) is 55.5 Å². The Balaban J connectivity index is 0.00000176. The van der Waals surface area contributed by atoms with Gasteiger partial charge in [-0.25, -0.2) is 4.39 Å². The van der Waals surface area contributed by atoms with Gasteiger partial charge in [0.1, 0.15) is 5.82 Å². The Bertz CT molecular complexity index is 543. The molecule has 0 bridgehead atoms. The van der Waals surface area contributed by atoms with Crippen LogP contribution in [0.2, 0.25) is 0 Å². The van der Waals surface area contributed by atoms with Crippen molar-refractivity contribution in [2.24, 2.45) is 17.6 Å². The summed E-state index contributed by atoms with van der Waals surface area (Å²) in [6, 6.07) is 4.79. The van der Waals surface area contributed by atoms with E-state index in [4.69, 9.17) is 5.73 Å². The molecular weight excluding hydrogens is 323 g/mol. The highest BCUT2D eigenvalue weighted by Crippen LogP contribution is 2.37. The highest BCUT2D eigenvalue weighted by Gasteiger charge is 2.33. The quantitative estimate of drug-likeness (QED) is 0.884. The first-order chi connectivity index (χ1) is 10.2. The van der Waals surface area contributed by atoms with Gasteiger partial charge in [0, 0.05) is 16.6 Å². The van der Waals surface area contributed by atoms with Crippen LogP contribution in [0, 0.1) is 17.7 Å². The molecule has 1 amide bonds. The van der Waals surface area contributed by atoms with Gasteiger partial charge in [0.2, 0.25) is 5.91 Å². The molecule has 0 aromatic heterocycles. The molecule has 1 aromatic rings. The van der Waals surface area contributed by atoms with E-state index in [9.17, 15) is 9.18 Å². The number of benzene rings is 1. The number of halogens is 2. The molecule has 3 N–H and O–H groups in total. The Morgan fingerprint density at radius 2 is 2.18 bits per heavy atom. The van der Waals surface area contributed by atoms with E-state index in [1.54, 1.807) is 17.8 Å². The molecule has 3 atom stereocenters. The van der Waals surface area contributed by atoms with Crippen LogP contribution in [-0.2, 0) is 4.79 Å². The number of carbonyl (C=O) groups is 1. The van der Waals surface area contributed by atoms with Gasteiger partial charge >= 0.3 is 0 Å². The summed E-state index contributed by atoms with van der Waals surface area (Å²) < 4.78 is 13.5. The van der Waals surface area contributed by atoms with E-state index < -0.39 is 0 Å². The van der Waals surface area contributed by atoms with Gasteiger partial charge in [-0.3, -0.25) is 4.79 Å². The summed E-state index contributed by atoms with van der Waals surface area (Å²) in [5, 5.41) is 3.13. The minimum atomic E-state index is -0.240. The van der Waals surface area contributed by atoms with E-state index in [2.05, 4.69) is 5.32 Å². The van der Waals surface area contributed by atoms with Crippen molar-refractivity contribution in [3.05, 3.63) is 29.6 Å². The van der Waals surface area contributed by atoms with Crippen LogP contribution in [0.1, 0.15) is 37.3 Å². The number of amides is 1. The SMILES string of the molecule is Cl.NC[C@H]1CCC[C@H]1C(=O)NC1CCSc2ccc(F)cc21. The molecule has 1 fully saturated rings. The Morgan fingerprint density at radius 3 is 2.95 bits per heavy atom. The van der Waals surface area contributed by atoms with Crippen LogP contribution in [0.3, 0.4) is 0 Å². The maximum atomic E-state index is 13.5. The number of nitrogens with one attached hydrogen (secondary N) is 1. The van der Waals surface area contributed by atoms with Crippen molar-refractivity contribution in [2.75, 3.05) is 12.3 Å². The molecule has 3 nitrogen and oxygen atoms in total. The van der Waals surface area contributed by atoms with E-state index in [1.165, 1.54) is 6.07 Å². The molecule has 1 unspecified atom stereocenters. The van der Waals surface area contributed by atoms with Gasteiger partial charge in [0.25, 0.3) is 0 Å². The van der Waals surface area contributed by atoms with Crippen molar-refractivity contribution in [2.45, 2.75) is 36.6 Å². The van der Waals surface area contributed by atoms with Crippen LogP contribution >= 0.6 is 24.2 Å². The fourth-order valence-electron chi connectivity index (χ4n) is 3.46. The lowest BCUT2D eigenvalue weighted by molar-refractivity contribution is -0.126. The lowest BCUT2D eigenvalue weighted by Crippen LogP contribution is -2.38. The van der Waals surface area contributed by atoms with Crippen molar-refractivity contribution >= 4 is 30.1 Å². The Labute approximate surface area is 141 Å². The summed E-state index contributed by atoms with van der Waals surface area (Å²) >= 11 is 1.73. The number of hydrogen-bond acceptors (Lipinski definition) is 3. The lowest BCUT2D eigenvalue weighted by Gasteiger charge is -2.28. The van der Waals surface area contributed by atoms with Crippen molar-refractivity contribution in [1.82, 2.24) is 5.32 Å². The third kappa shape index (κ3) is 3.58. The number of fused-ring (bicyclic) bond motifs is 1. The molecule has 0 spiro atoms. The Kier molecular flexibility index (Phi) is 6.12. The number of rotatable bonds is 3. The fraction of sp³-hybridized carbons (Fsp3) is 0.562. The van der Waals surface area contributed by atoms with Crippen LogP contribution in [0.5, 0.6) is 0 Å². The van der Waals surface area contributed by atoms with E-state index in [0.29, 0.717) is 12.5 Å². The molecule has 0 radical (unpaired) electrons. The minimum Gasteiger partial charge on any atom is -0.349 e. The molecule has 122 valence electrons. The maximum absolute atomic E-state index is 13.5. The van der Waals surface area contributed by atoms with Gasteiger partial charge in [0.05, 0.1) is 6.04 Å². The average Bonchev–Trinajstić information content (AvgIpc) is 2.96. The zero-order valence-corrected chi connectivity index (χ0v) is 14.0. The maximum Gasteiger partial charge on any atom is 0.223 e. The second-order valence-corrected chi connectivity index (χ2v) is 7.05. The van der Waals surface area contributed by atoms with E-state index >= 15 is 0 Å². The molecule has 1 heterocycles. The molecule has 1 aromatic carbocycles. The van der Waals surface area contributed by atoms with E-state index in [-0.39, 0.29) is 36.1 Å². The first-order valence-electron chi connectivity index (χ1n) is 7.61. The molecule has 22 heavy (non-hydrogen) atoms. The van der Waals surface area contributed by atoms with Crippen molar-refractivity contribution in [3.63, 3.8) is 0 Å². The standard InChI is InChI=1S/C16H21FN2OS.ClH/c17-11-4-5-15-13(8-11)14(6-7-21-15)19-16(20)12-3-1-2-10(12)9-18;/h4-5,8,10,12,14H,1-3,6-7,9,18H2,(H,19,20);1H/t10-,12-,14?;/m1./s1. The average molecular weight is 345 g/mol. The van der Waals surface area contributed by atoms with Crippen LogP contribution in [0.25, 0.3) is 0 Å². The van der Waals surface area contributed by atoms with Crippen molar-refractivity contribution in [3.8, 4) is 0 Å². The lowest BCUT2D eigenvalue weighted by atomic mass is 9.94. The van der Waals surface area contributed by atoms with Crippen molar-refractivity contribution in [1.29, 1.82) is 0 Å². The fourth-order valence-corrected chi connectivity index (χ4v) is 4.56. The summed E-state index contributed by atoms with van der Waals surface area (Å²) in [6.45, 7) is 0.573. The van der Waals surface area contributed by atoms with E-state index in [1.807, 2.05) is 6.07 Å². The third-order valence-electron chi connectivity index (χ3n) is 4.63. The van der Waals surface area contributed by atoms with Crippen LogP contribution in [0.4, 0.5) is 4.39 Å². The molecular formula is C16H22ClFN2OS. The first kappa shape index (κ1) is 17.6. The molecule has 3 rings (SSSR count). The first-order valence-corrected chi connectivity index (χ1v) is 8.60. The largest absolute Gasteiger partial charge is 0.349 e. The van der Waals surface area contributed by atoms with Gasteiger partial charge in [-0.1, -0.05) is 6.42 Å². The molecule has 1 aliphatic carbocycles. The molecule has 2 aliphatic rings. The predicted molar refractivity (Wildman–Crippen MR) is 89.8 cm³/mol. The summed E-state index contributed by atoms with van der Waals surface area (Å²) in [7, 11) is 0. The van der Waals surface area contributed by atoms with Crippen LogP contribution in [0.15, 0.2) is 23.1 Å². The topological polar surface area (TPSA) is 55.1 Å². The van der Waals surface area contributed by atoms with E-state index in [0.717, 1.165) is 41.9 Å². The van der Waals surface area contributed by atoms with Gasteiger partial charge in [-0.2, -0.15) is 0 Å². The van der Waals surface area contributed by atoms with Gasteiger partial charge < -0.3 is 11.1 Å². The number of thioether (sulfide) groups is 1. The highest BCUT2D eigenvalue weighted by molar-refractivity contribution is 7.99. The summed E-state index contributed by atoms with van der Waals surface area (Å²) in [5.41, 5.74) is 6.68. The third-order valence-corrected chi connectivity index (χ3v) is 5.75. The Hall–Kier alpha value is -0.780. The number of nitrogens with two attached hydrogens (primary N) is 1. The second kappa shape index (κ2) is 7.66. The van der Waals surface area contributed by atoms with Gasteiger partial charge in [0.15, 0.2) is 0 Å². The summed E-state index contributed by atoms with van der Waals surface area (Å²) in [5.74, 6) is 1.14. The van der Waals surface area contributed by atoms with Crippen molar-refractivity contribution < 1.29 is 9.18 Å². The minimum absolute atomic E-state index is 0. The number of carbonyl (C=O) groups excluding carboxylic acids is 1. The summed E-state index contributed by atoms with van der Waals surface area (Å²) in [4.78, 5) is 13.6. The highest BCUT2D eigenvalue weighted by atomic mass is 35.5. The summed E-state index contributed by atoms with van der Waals surface area (Å²) in [6.07, 6.45) is 3.89. The van der Waals surface area contributed by atoms with Crippen LogP contribution < -0.4 is 11.1 Å². The predicted octanol–water partition coefficient (Wildman–Crippen LogP) is 3.28. The number of hydrogen-bond donors (Lipinski definition) is 2. The van der Waals surface area contributed by atoms with Crippen LogP contribution in [-0.4, -0.2) is 18.2 Å². The zero-order valence-electron chi connectivity index (χ0n) is 12.4. The molecule has 6 heteroatoms. The second-order valence-electron chi connectivity index (χ2n) is 5.91. The monoisotopic (exact) mass is 344 g/mol. The molecule has 1 aliphatic heterocycles.